The molecule has 1 atom stereocenters. The van der Waals surface area contributed by atoms with Gasteiger partial charge in [0.15, 0.2) is 0 Å². The first-order valence-corrected chi connectivity index (χ1v) is 15.3. The Kier molecular flexibility index (Phi) is 8.32. The van der Waals surface area contributed by atoms with Gasteiger partial charge >= 0.3 is 12.2 Å². The number of thioether (sulfide) groups is 1. The summed E-state index contributed by atoms with van der Waals surface area (Å²) in [6.45, 7) is 6.20. The number of rotatable bonds is 6. The minimum atomic E-state index is -4.21. The summed E-state index contributed by atoms with van der Waals surface area (Å²) in [7, 11) is 0. The molecule has 1 N–H and O–H groups in total. The molecule has 0 aromatic heterocycles. The third-order valence-corrected chi connectivity index (χ3v) is 10.8. The predicted octanol–water partition coefficient (Wildman–Crippen LogP) is 6.10. The van der Waals surface area contributed by atoms with Crippen LogP contribution >= 0.6 is 11.8 Å². The molecule has 4 amide bonds. The van der Waals surface area contributed by atoms with Crippen LogP contribution in [0.3, 0.4) is 0 Å². The maximum Gasteiger partial charge on any atom is 0.391 e. The summed E-state index contributed by atoms with van der Waals surface area (Å²) >= 11 is 1.42. The number of halogens is 3. The van der Waals surface area contributed by atoms with E-state index >= 15 is 0 Å². The molecule has 1 aromatic rings. The van der Waals surface area contributed by atoms with E-state index in [4.69, 9.17) is 0 Å². The maximum absolute atomic E-state index is 13.5. The summed E-state index contributed by atoms with van der Waals surface area (Å²) in [5, 5.41) is 2.39. The third-order valence-electron chi connectivity index (χ3n) is 9.03. The van der Waals surface area contributed by atoms with Crippen LogP contribution in [0.2, 0.25) is 0 Å². The molecule has 1 aliphatic carbocycles. The topological polar surface area (TPSA) is 73.0 Å². The van der Waals surface area contributed by atoms with E-state index in [0.29, 0.717) is 57.8 Å². The van der Waals surface area contributed by atoms with Crippen molar-refractivity contribution in [3.8, 4) is 0 Å². The van der Waals surface area contributed by atoms with Gasteiger partial charge in [-0.3, -0.25) is 9.59 Å². The lowest BCUT2D eigenvalue weighted by molar-refractivity contribution is -0.185. The van der Waals surface area contributed by atoms with Crippen molar-refractivity contribution in [2.75, 3.05) is 25.0 Å². The van der Waals surface area contributed by atoms with E-state index in [9.17, 15) is 27.6 Å². The first-order chi connectivity index (χ1) is 19.0. The molecule has 3 fully saturated rings. The minimum Gasteiger partial charge on any atom is -0.342 e. The highest BCUT2D eigenvalue weighted by Crippen LogP contribution is 2.54. The van der Waals surface area contributed by atoms with Gasteiger partial charge in [0.25, 0.3) is 0 Å². The highest BCUT2D eigenvalue weighted by molar-refractivity contribution is 8.02. The summed E-state index contributed by atoms with van der Waals surface area (Å²) in [5.41, 5.74) is 1.90. The Hall–Kier alpha value is -2.43. The minimum absolute atomic E-state index is 0. The number of alkyl halides is 3. The van der Waals surface area contributed by atoms with E-state index in [1.54, 1.807) is 9.80 Å². The van der Waals surface area contributed by atoms with Crippen molar-refractivity contribution in [3.05, 3.63) is 29.8 Å². The number of carbonyl (C=O) groups is 3. The molecule has 3 heterocycles. The molecule has 1 saturated carbocycles. The van der Waals surface area contributed by atoms with E-state index in [-0.39, 0.29) is 44.6 Å². The molecular formula is C29H41F3N4O3S. The quantitative estimate of drug-likeness (QED) is 0.440. The molecule has 5 rings (SSSR count). The first-order valence-electron chi connectivity index (χ1n) is 14.5. The Labute approximate surface area is 239 Å². The fourth-order valence-electron chi connectivity index (χ4n) is 6.60. The van der Waals surface area contributed by atoms with Gasteiger partial charge in [-0.05, 0) is 62.5 Å². The Morgan fingerprint density at radius 2 is 1.80 bits per heavy atom. The molecule has 1 unspecified atom stereocenters. The van der Waals surface area contributed by atoms with Crippen LogP contribution in [0.4, 0.5) is 23.7 Å². The number of likely N-dealkylation sites (tertiary alicyclic amines) is 1. The van der Waals surface area contributed by atoms with E-state index in [1.165, 1.54) is 11.8 Å². The molecule has 0 bridgehead atoms. The molecule has 0 radical (unpaired) electrons. The fourth-order valence-corrected chi connectivity index (χ4v) is 8.36. The van der Waals surface area contributed by atoms with Gasteiger partial charge in [-0.1, -0.05) is 32.0 Å². The highest BCUT2D eigenvalue weighted by atomic mass is 32.2. The van der Waals surface area contributed by atoms with Gasteiger partial charge in [-0.25, -0.2) is 4.79 Å². The molecule has 40 heavy (non-hydrogen) atoms. The molecule has 11 heteroatoms. The normalized spacial score (nSPS) is 27.9. The summed E-state index contributed by atoms with van der Waals surface area (Å²) in [4.78, 5) is 44.4. The summed E-state index contributed by atoms with van der Waals surface area (Å²) in [6, 6.07) is 7.65. The number of fused-ring (bicyclic) bond motifs is 1. The van der Waals surface area contributed by atoms with Crippen molar-refractivity contribution >= 4 is 35.3 Å². The SMILES string of the molecule is CC(C)CCN1C(=O)C(CC(=O)N2CCC(N3Cc4ccccc4NC3=O)CC2)SC12CCC(C(F)(F)F)CC2.[HH]. The molecule has 222 valence electrons. The Bertz CT molecular complexity index is 1120. The van der Waals surface area contributed by atoms with Crippen molar-refractivity contribution in [2.24, 2.45) is 11.8 Å². The van der Waals surface area contributed by atoms with Crippen LogP contribution in [-0.2, 0) is 16.1 Å². The second-order valence-corrected chi connectivity index (χ2v) is 13.6. The summed E-state index contributed by atoms with van der Waals surface area (Å²) in [6.07, 6.45) is -1.39. The van der Waals surface area contributed by atoms with Gasteiger partial charge < -0.3 is 20.0 Å². The lowest BCUT2D eigenvalue weighted by Gasteiger charge is -2.43. The molecule has 1 spiro atoms. The van der Waals surface area contributed by atoms with Crippen LogP contribution in [0.5, 0.6) is 0 Å². The number of amides is 4. The zero-order chi connectivity index (χ0) is 28.7. The molecule has 1 aromatic carbocycles. The smallest absolute Gasteiger partial charge is 0.342 e. The van der Waals surface area contributed by atoms with Crippen molar-refractivity contribution in [1.29, 1.82) is 0 Å². The molecule has 3 aliphatic heterocycles. The zero-order valence-corrected chi connectivity index (χ0v) is 24.0. The zero-order valence-electron chi connectivity index (χ0n) is 23.2. The average molecular weight is 583 g/mol. The number of benzene rings is 1. The van der Waals surface area contributed by atoms with E-state index in [0.717, 1.165) is 17.7 Å². The van der Waals surface area contributed by atoms with Gasteiger partial charge in [0.1, 0.15) is 0 Å². The number of anilines is 1. The van der Waals surface area contributed by atoms with Gasteiger partial charge in [0.05, 0.1) is 16.0 Å². The second-order valence-electron chi connectivity index (χ2n) is 12.1. The average Bonchev–Trinajstić information content (AvgIpc) is 3.16. The Morgan fingerprint density at radius 1 is 1.12 bits per heavy atom. The number of para-hydroxylation sites is 1. The van der Waals surface area contributed by atoms with Crippen molar-refractivity contribution < 1.29 is 29.0 Å². The number of nitrogens with zero attached hydrogens (tertiary/aromatic N) is 3. The van der Waals surface area contributed by atoms with Crippen LogP contribution in [-0.4, -0.2) is 74.5 Å². The summed E-state index contributed by atoms with van der Waals surface area (Å²) < 4.78 is 40.1. The third kappa shape index (κ3) is 5.94. The lowest BCUT2D eigenvalue weighted by Crippen LogP contribution is -2.51. The monoisotopic (exact) mass is 582 g/mol. The Balaban J connectivity index is 0.00000387. The second kappa shape index (κ2) is 11.4. The largest absolute Gasteiger partial charge is 0.391 e. The molecular weight excluding hydrogens is 541 g/mol. The number of hydrogen-bond acceptors (Lipinski definition) is 4. The number of hydrogen-bond donors (Lipinski definition) is 1. The fraction of sp³-hybridized carbons (Fsp3) is 0.690. The number of carbonyl (C=O) groups excluding carboxylic acids is 3. The van der Waals surface area contributed by atoms with Crippen LogP contribution in [0.15, 0.2) is 24.3 Å². The number of urea groups is 1. The first kappa shape index (κ1) is 29.1. The van der Waals surface area contributed by atoms with Gasteiger partial charge in [0, 0.05) is 45.8 Å². The molecule has 7 nitrogen and oxygen atoms in total. The van der Waals surface area contributed by atoms with E-state index in [2.05, 4.69) is 19.2 Å². The van der Waals surface area contributed by atoms with Crippen molar-refractivity contribution in [3.63, 3.8) is 0 Å². The predicted molar refractivity (Wildman–Crippen MR) is 151 cm³/mol. The van der Waals surface area contributed by atoms with E-state index < -0.39 is 22.2 Å². The maximum atomic E-state index is 13.5. The van der Waals surface area contributed by atoms with E-state index in [1.807, 2.05) is 29.2 Å². The lowest BCUT2D eigenvalue weighted by atomic mass is 9.84. The van der Waals surface area contributed by atoms with Crippen LogP contribution in [0, 0.1) is 11.8 Å². The van der Waals surface area contributed by atoms with Crippen molar-refractivity contribution in [2.45, 2.75) is 94.1 Å². The van der Waals surface area contributed by atoms with Crippen LogP contribution in [0.1, 0.15) is 72.2 Å². The summed E-state index contributed by atoms with van der Waals surface area (Å²) in [5.74, 6) is -1.16. The molecule has 2 saturated heterocycles. The molecule has 4 aliphatic rings. The Morgan fingerprint density at radius 3 is 2.45 bits per heavy atom. The van der Waals surface area contributed by atoms with Gasteiger partial charge in [0.2, 0.25) is 11.8 Å². The van der Waals surface area contributed by atoms with Gasteiger partial charge in [-0.2, -0.15) is 13.2 Å². The highest BCUT2D eigenvalue weighted by Gasteiger charge is 2.55. The van der Waals surface area contributed by atoms with Gasteiger partial charge in [-0.15, -0.1) is 11.8 Å². The van der Waals surface area contributed by atoms with Crippen molar-refractivity contribution in [1.82, 2.24) is 14.7 Å². The number of piperidine rings is 1. The number of nitrogens with one attached hydrogen (secondary N) is 1. The standard InChI is InChI=1S/C29H39F3N4O3S.H2/c1-19(2)9-16-36-26(38)24(40-28(36)12-7-21(8-13-28)29(30,31)32)17-25(37)34-14-10-22(11-15-34)35-18-20-5-3-4-6-23(20)33-27(35)39;/h3-6,19,21-22,24H,7-18H2,1-2H3,(H,33,39);1H. The van der Waals surface area contributed by atoms with Crippen LogP contribution < -0.4 is 5.32 Å². The van der Waals surface area contributed by atoms with Crippen LogP contribution in [0.25, 0.3) is 0 Å².